The van der Waals surface area contributed by atoms with Crippen LogP contribution in [0.3, 0.4) is 0 Å². The lowest BCUT2D eigenvalue weighted by Crippen LogP contribution is -2.62. The number of hydrogen-bond acceptors (Lipinski definition) is 8. The van der Waals surface area contributed by atoms with Gasteiger partial charge in [0.15, 0.2) is 17.3 Å². The summed E-state index contributed by atoms with van der Waals surface area (Å²) in [6.45, 7) is 7.48. The fourth-order valence-corrected chi connectivity index (χ4v) is 6.07. The maximum absolute atomic E-state index is 13.3. The zero-order valence-corrected chi connectivity index (χ0v) is 23.0. The molecule has 1 aromatic carbocycles. The number of carbonyl (C=O) groups excluding carboxylic acids is 1. The summed E-state index contributed by atoms with van der Waals surface area (Å²) in [6.07, 6.45) is 7.81. The summed E-state index contributed by atoms with van der Waals surface area (Å²) < 4.78 is 16.7. The SMILES string of the molecule is CCCN(CCC)c1nc(N2CCN(C(=O)c3ccco3)[C@@H]3CCCC[C@@H]32)nc2cc(OC)c(OC)cc12. The molecule has 2 fully saturated rings. The number of nitrogens with zero attached hydrogens (tertiary/aromatic N) is 5. The lowest BCUT2D eigenvalue weighted by atomic mass is 9.86. The number of rotatable bonds is 9. The molecule has 0 radical (unpaired) electrons. The Balaban J connectivity index is 1.58. The van der Waals surface area contributed by atoms with Crippen molar-refractivity contribution in [3.8, 4) is 11.5 Å². The van der Waals surface area contributed by atoms with Gasteiger partial charge in [-0.1, -0.05) is 26.7 Å². The molecule has 1 saturated carbocycles. The van der Waals surface area contributed by atoms with Crippen molar-refractivity contribution < 1.29 is 18.7 Å². The van der Waals surface area contributed by atoms with Crippen LogP contribution in [0.15, 0.2) is 34.9 Å². The van der Waals surface area contributed by atoms with E-state index in [0.29, 0.717) is 30.3 Å². The van der Waals surface area contributed by atoms with E-state index in [4.69, 9.17) is 23.9 Å². The predicted octanol–water partition coefficient (Wildman–Crippen LogP) is 5.14. The van der Waals surface area contributed by atoms with E-state index in [1.807, 2.05) is 17.0 Å². The first-order valence-electron chi connectivity index (χ1n) is 13.9. The van der Waals surface area contributed by atoms with E-state index in [2.05, 4.69) is 23.6 Å². The Labute approximate surface area is 224 Å². The molecule has 3 aromatic rings. The molecule has 9 heteroatoms. The minimum atomic E-state index is -0.0273. The molecule has 2 aromatic heterocycles. The van der Waals surface area contributed by atoms with Gasteiger partial charge in [0.2, 0.25) is 5.95 Å². The molecular weight excluding hydrogens is 482 g/mol. The molecule has 5 rings (SSSR count). The Morgan fingerprint density at radius 2 is 1.74 bits per heavy atom. The number of hydrogen-bond donors (Lipinski definition) is 0. The molecule has 204 valence electrons. The first-order chi connectivity index (χ1) is 18.6. The zero-order chi connectivity index (χ0) is 26.6. The van der Waals surface area contributed by atoms with Gasteiger partial charge in [-0.25, -0.2) is 4.98 Å². The number of carbonyl (C=O) groups is 1. The van der Waals surface area contributed by atoms with E-state index in [0.717, 1.165) is 74.3 Å². The quantitative estimate of drug-likeness (QED) is 0.383. The number of aromatic nitrogens is 2. The van der Waals surface area contributed by atoms with Gasteiger partial charge in [0, 0.05) is 37.6 Å². The minimum absolute atomic E-state index is 0.0273. The Morgan fingerprint density at radius 1 is 1.03 bits per heavy atom. The maximum Gasteiger partial charge on any atom is 0.289 e. The Bertz CT molecular complexity index is 1240. The molecule has 9 nitrogen and oxygen atoms in total. The minimum Gasteiger partial charge on any atom is -0.493 e. The number of piperazine rings is 1. The molecule has 3 heterocycles. The second-order valence-electron chi connectivity index (χ2n) is 10.1. The Hall–Kier alpha value is -3.49. The van der Waals surface area contributed by atoms with Gasteiger partial charge >= 0.3 is 0 Å². The van der Waals surface area contributed by atoms with Crippen molar-refractivity contribution in [3.63, 3.8) is 0 Å². The molecule has 0 N–H and O–H groups in total. The second kappa shape index (κ2) is 11.5. The summed E-state index contributed by atoms with van der Waals surface area (Å²) >= 11 is 0. The summed E-state index contributed by atoms with van der Waals surface area (Å²) in [7, 11) is 3.30. The van der Waals surface area contributed by atoms with Crippen molar-refractivity contribution in [2.75, 3.05) is 50.2 Å². The van der Waals surface area contributed by atoms with Crippen LogP contribution in [0.4, 0.5) is 11.8 Å². The van der Waals surface area contributed by atoms with Crippen molar-refractivity contribution in [1.82, 2.24) is 14.9 Å². The van der Waals surface area contributed by atoms with Crippen LogP contribution in [-0.2, 0) is 0 Å². The second-order valence-corrected chi connectivity index (χ2v) is 10.1. The van der Waals surface area contributed by atoms with Crippen LogP contribution in [0.25, 0.3) is 10.9 Å². The average Bonchev–Trinajstić information content (AvgIpc) is 3.50. The van der Waals surface area contributed by atoms with Crippen molar-refractivity contribution >= 4 is 28.6 Å². The maximum atomic E-state index is 13.3. The first-order valence-corrected chi connectivity index (χ1v) is 13.9. The Morgan fingerprint density at radius 3 is 2.39 bits per heavy atom. The van der Waals surface area contributed by atoms with Gasteiger partial charge in [-0.15, -0.1) is 0 Å². The van der Waals surface area contributed by atoms with E-state index in [1.165, 1.54) is 0 Å². The van der Waals surface area contributed by atoms with Crippen LogP contribution >= 0.6 is 0 Å². The summed E-state index contributed by atoms with van der Waals surface area (Å²) in [5.74, 6) is 3.35. The standard InChI is InChI=1S/C29H39N5O4/c1-5-13-32(14-6-2)27-20-18-25(36-3)26(37-4)19-21(20)30-29(31-27)34-16-15-33(22-10-7-8-11-23(22)34)28(35)24-12-9-17-38-24/h9,12,17-19,22-23H,5-8,10-11,13-16H2,1-4H3/t22-,23+/m1/s1. The number of furan rings is 1. The molecular formula is C29H39N5O4. The Kier molecular flexibility index (Phi) is 7.90. The molecule has 2 atom stereocenters. The topological polar surface area (TPSA) is 84.2 Å². The summed E-state index contributed by atoms with van der Waals surface area (Å²) in [5.41, 5.74) is 0.835. The number of benzene rings is 1. The third-order valence-electron chi connectivity index (χ3n) is 7.78. The van der Waals surface area contributed by atoms with Crippen molar-refractivity contribution in [3.05, 3.63) is 36.3 Å². The molecule has 0 spiro atoms. The molecule has 0 unspecified atom stereocenters. The van der Waals surface area contributed by atoms with Crippen LogP contribution in [0.2, 0.25) is 0 Å². The predicted molar refractivity (Wildman–Crippen MR) is 149 cm³/mol. The number of ether oxygens (including phenoxy) is 2. The van der Waals surface area contributed by atoms with E-state index in [-0.39, 0.29) is 18.0 Å². The van der Waals surface area contributed by atoms with Gasteiger partial charge in [-0.3, -0.25) is 4.79 Å². The summed E-state index contributed by atoms with van der Waals surface area (Å²) in [4.78, 5) is 30.3. The number of methoxy groups -OCH3 is 2. The fraction of sp³-hybridized carbons (Fsp3) is 0.552. The molecule has 1 aliphatic carbocycles. The number of amides is 1. The molecule has 1 amide bonds. The highest BCUT2D eigenvalue weighted by Gasteiger charge is 2.42. The van der Waals surface area contributed by atoms with Gasteiger partial charge in [0.25, 0.3) is 5.91 Å². The monoisotopic (exact) mass is 521 g/mol. The van der Waals surface area contributed by atoms with Crippen LogP contribution in [0, 0.1) is 0 Å². The molecule has 38 heavy (non-hydrogen) atoms. The fourth-order valence-electron chi connectivity index (χ4n) is 6.07. The van der Waals surface area contributed by atoms with E-state index in [9.17, 15) is 4.79 Å². The van der Waals surface area contributed by atoms with Crippen molar-refractivity contribution in [1.29, 1.82) is 0 Å². The van der Waals surface area contributed by atoms with Crippen molar-refractivity contribution in [2.45, 2.75) is 64.5 Å². The van der Waals surface area contributed by atoms with Gasteiger partial charge in [0.1, 0.15) is 5.82 Å². The van der Waals surface area contributed by atoms with Crippen LogP contribution in [0.5, 0.6) is 11.5 Å². The molecule has 0 bridgehead atoms. The smallest absolute Gasteiger partial charge is 0.289 e. The number of fused-ring (bicyclic) bond motifs is 2. The van der Waals surface area contributed by atoms with Gasteiger partial charge in [-0.05, 0) is 43.9 Å². The number of anilines is 2. The lowest BCUT2D eigenvalue weighted by Gasteiger charge is -2.49. The van der Waals surface area contributed by atoms with E-state index < -0.39 is 0 Å². The largest absolute Gasteiger partial charge is 0.493 e. The van der Waals surface area contributed by atoms with Crippen molar-refractivity contribution in [2.24, 2.45) is 0 Å². The summed E-state index contributed by atoms with van der Waals surface area (Å²) in [5, 5.41) is 0.958. The average molecular weight is 522 g/mol. The summed E-state index contributed by atoms with van der Waals surface area (Å²) in [6, 6.07) is 7.73. The zero-order valence-electron chi connectivity index (χ0n) is 23.0. The van der Waals surface area contributed by atoms with Crippen LogP contribution in [-0.4, -0.2) is 73.3 Å². The highest BCUT2D eigenvalue weighted by molar-refractivity contribution is 5.94. The van der Waals surface area contributed by atoms with E-state index in [1.54, 1.807) is 32.6 Å². The highest BCUT2D eigenvalue weighted by Crippen LogP contribution is 2.39. The third kappa shape index (κ3) is 4.86. The van der Waals surface area contributed by atoms with E-state index >= 15 is 0 Å². The normalized spacial score (nSPS) is 19.4. The van der Waals surface area contributed by atoms with Gasteiger partial charge in [-0.2, -0.15) is 4.98 Å². The van der Waals surface area contributed by atoms with Gasteiger partial charge in [0.05, 0.1) is 38.1 Å². The third-order valence-corrected chi connectivity index (χ3v) is 7.78. The van der Waals surface area contributed by atoms with Crippen LogP contribution < -0.4 is 19.3 Å². The molecule has 1 saturated heterocycles. The van der Waals surface area contributed by atoms with Crippen LogP contribution in [0.1, 0.15) is 62.9 Å². The lowest BCUT2D eigenvalue weighted by molar-refractivity contribution is 0.0508. The molecule has 1 aliphatic heterocycles. The molecule has 2 aliphatic rings. The van der Waals surface area contributed by atoms with Gasteiger partial charge < -0.3 is 28.6 Å². The first kappa shape index (κ1) is 26.1. The highest BCUT2D eigenvalue weighted by atomic mass is 16.5.